The summed E-state index contributed by atoms with van der Waals surface area (Å²) in [7, 11) is 1.56. The van der Waals surface area contributed by atoms with Gasteiger partial charge < -0.3 is 14.8 Å². The summed E-state index contributed by atoms with van der Waals surface area (Å²) in [6.07, 6.45) is 11.0. The highest BCUT2D eigenvalue weighted by molar-refractivity contribution is 5.92. The predicted octanol–water partition coefficient (Wildman–Crippen LogP) is 6.70. The molecule has 1 amide bonds. The summed E-state index contributed by atoms with van der Waals surface area (Å²) in [6.45, 7) is 11.4. The Morgan fingerprint density at radius 2 is 1.91 bits per heavy atom. The summed E-state index contributed by atoms with van der Waals surface area (Å²) >= 11 is 0. The minimum atomic E-state index is -0.330. The molecule has 5 heteroatoms. The van der Waals surface area contributed by atoms with E-state index in [4.69, 9.17) is 9.47 Å². The Morgan fingerprint density at radius 1 is 1.15 bits per heavy atom. The lowest BCUT2D eigenvalue weighted by Crippen LogP contribution is -2.36. The van der Waals surface area contributed by atoms with Crippen molar-refractivity contribution >= 4 is 11.9 Å². The number of hydrogen-bond donors (Lipinski definition) is 1. The molecule has 0 aliphatic heterocycles. The SMILES string of the molecule is COc1cc(CNC(=O)CCCC/C=C/C(C)C)ccc1C(=O)O[C@H]1C[C@H](C)CC[C@H]1C(C)C. The van der Waals surface area contributed by atoms with Crippen LogP contribution in [0.4, 0.5) is 0 Å². The minimum Gasteiger partial charge on any atom is -0.496 e. The zero-order chi connectivity index (χ0) is 25.1. The van der Waals surface area contributed by atoms with Gasteiger partial charge in [0.05, 0.1) is 7.11 Å². The largest absolute Gasteiger partial charge is 0.496 e. The maximum Gasteiger partial charge on any atom is 0.342 e. The molecule has 1 aromatic carbocycles. The predicted molar refractivity (Wildman–Crippen MR) is 138 cm³/mol. The van der Waals surface area contributed by atoms with Gasteiger partial charge in [0, 0.05) is 13.0 Å². The van der Waals surface area contributed by atoms with Crippen molar-refractivity contribution in [1.82, 2.24) is 5.32 Å². The van der Waals surface area contributed by atoms with Gasteiger partial charge in [-0.1, -0.05) is 59.3 Å². The molecule has 1 N–H and O–H groups in total. The molecule has 5 nitrogen and oxygen atoms in total. The first-order valence-corrected chi connectivity index (χ1v) is 13.0. The zero-order valence-electron chi connectivity index (χ0n) is 22.1. The molecule has 0 radical (unpaired) electrons. The molecule has 3 atom stereocenters. The molecular formula is C29H45NO4. The second-order valence-electron chi connectivity index (χ2n) is 10.5. The molecule has 1 saturated carbocycles. The Hall–Kier alpha value is -2.30. The third kappa shape index (κ3) is 9.15. The van der Waals surface area contributed by atoms with E-state index in [1.807, 2.05) is 12.1 Å². The molecule has 2 rings (SSSR count). The summed E-state index contributed by atoms with van der Waals surface area (Å²) in [6, 6.07) is 5.43. The number of carbonyl (C=O) groups is 2. The average Bonchev–Trinajstić information content (AvgIpc) is 2.79. The van der Waals surface area contributed by atoms with Crippen molar-refractivity contribution in [3.63, 3.8) is 0 Å². The van der Waals surface area contributed by atoms with Gasteiger partial charge in [-0.3, -0.25) is 4.79 Å². The van der Waals surface area contributed by atoms with Crippen LogP contribution >= 0.6 is 0 Å². The molecule has 1 fully saturated rings. The lowest BCUT2D eigenvalue weighted by molar-refractivity contribution is -0.121. The number of carbonyl (C=O) groups excluding carboxylic acids is 2. The van der Waals surface area contributed by atoms with Gasteiger partial charge in [-0.05, 0) is 73.5 Å². The Balaban J connectivity index is 1.88. The van der Waals surface area contributed by atoms with Crippen LogP contribution in [0.3, 0.4) is 0 Å². The van der Waals surface area contributed by atoms with Crippen molar-refractivity contribution in [1.29, 1.82) is 0 Å². The maximum absolute atomic E-state index is 13.0. The number of nitrogens with one attached hydrogen (secondary N) is 1. The summed E-state index contributed by atoms with van der Waals surface area (Å²) < 4.78 is 11.5. The smallest absolute Gasteiger partial charge is 0.342 e. The van der Waals surface area contributed by atoms with Gasteiger partial charge >= 0.3 is 5.97 Å². The van der Waals surface area contributed by atoms with E-state index in [9.17, 15) is 9.59 Å². The first-order chi connectivity index (χ1) is 16.2. The van der Waals surface area contributed by atoms with Crippen LogP contribution in [0.25, 0.3) is 0 Å². The summed E-state index contributed by atoms with van der Waals surface area (Å²) in [5.41, 5.74) is 1.33. The average molecular weight is 472 g/mol. The monoisotopic (exact) mass is 471 g/mol. The first kappa shape index (κ1) is 27.9. The number of hydrogen-bond acceptors (Lipinski definition) is 4. The molecular weight excluding hydrogens is 426 g/mol. The van der Waals surface area contributed by atoms with Gasteiger partial charge in [-0.2, -0.15) is 0 Å². The Morgan fingerprint density at radius 3 is 2.59 bits per heavy atom. The van der Waals surface area contributed by atoms with E-state index in [1.165, 1.54) is 6.42 Å². The van der Waals surface area contributed by atoms with Crippen LogP contribution in [0.1, 0.15) is 95.5 Å². The molecule has 1 aliphatic rings. The number of benzene rings is 1. The molecule has 0 aromatic heterocycles. The normalized spacial score (nSPS) is 20.6. The highest BCUT2D eigenvalue weighted by Gasteiger charge is 2.34. The molecule has 0 bridgehead atoms. The van der Waals surface area contributed by atoms with Crippen molar-refractivity contribution in [3.8, 4) is 5.75 Å². The van der Waals surface area contributed by atoms with Gasteiger partial charge in [-0.25, -0.2) is 4.79 Å². The Labute approximate surface area is 206 Å². The highest BCUT2D eigenvalue weighted by Crippen LogP contribution is 2.36. The summed E-state index contributed by atoms with van der Waals surface area (Å²) in [5, 5.41) is 2.97. The van der Waals surface area contributed by atoms with E-state index in [2.05, 4.69) is 52.1 Å². The Bertz CT molecular complexity index is 814. The standard InChI is InChI=1S/C29H45NO4/c1-20(2)11-9-7-8-10-12-28(31)30-19-23-14-16-25(26(18-23)33-6)29(32)34-27-17-22(5)13-15-24(27)21(3)4/h9,11,14,16,18,20-22,24,27H,7-8,10,12-13,15,17,19H2,1-6H3,(H,30,31)/b11-9+/t22-,24+,27+/m1/s1. The van der Waals surface area contributed by atoms with Gasteiger partial charge in [0.2, 0.25) is 5.91 Å². The van der Waals surface area contributed by atoms with Gasteiger partial charge in [0.25, 0.3) is 0 Å². The van der Waals surface area contributed by atoms with Crippen LogP contribution in [0.5, 0.6) is 5.75 Å². The fraction of sp³-hybridized carbons (Fsp3) is 0.655. The number of amides is 1. The van der Waals surface area contributed by atoms with Crippen LogP contribution in [0.2, 0.25) is 0 Å². The van der Waals surface area contributed by atoms with E-state index in [0.29, 0.717) is 48.0 Å². The van der Waals surface area contributed by atoms with Gasteiger partial charge in [0.15, 0.2) is 0 Å². The van der Waals surface area contributed by atoms with Crippen molar-refractivity contribution < 1.29 is 19.1 Å². The fourth-order valence-electron chi connectivity index (χ4n) is 4.67. The molecule has 0 spiro atoms. The minimum absolute atomic E-state index is 0.0430. The fourth-order valence-corrected chi connectivity index (χ4v) is 4.67. The van der Waals surface area contributed by atoms with E-state index in [0.717, 1.165) is 37.7 Å². The number of unbranched alkanes of at least 4 members (excludes halogenated alkanes) is 2. The molecule has 1 aromatic rings. The van der Waals surface area contributed by atoms with Crippen molar-refractivity contribution in [2.45, 2.75) is 92.2 Å². The lowest BCUT2D eigenvalue weighted by Gasteiger charge is -2.36. The van der Waals surface area contributed by atoms with E-state index >= 15 is 0 Å². The summed E-state index contributed by atoms with van der Waals surface area (Å²) in [5.74, 6) is 2.21. The summed E-state index contributed by atoms with van der Waals surface area (Å²) in [4.78, 5) is 25.2. The molecule has 0 unspecified atom stereocenters. The molecule has 190 valence electrons. The molecule has 1 aliphatic carbocycles. The van der Waals surface area contributed by atoms with E-state index < -0.39 is 0 Å². The maximum atomic E-state index is 13.0. The van der Waals surface area contributed by atoms with E-state index in [-0.39, 0.29) is 18.0 Å². The zero-order valence-corrected chi connectivity index (χ0v) is 22.1. The second-order valence-corrected chi connectivity index (χ2v) is 10.5. The number of ether oxygens (including phenoxy) is 2. The number of esters is 1. The van der Waals surface area contributed by atoms with Crippen LogP contribution in [-0.2, 0) is 16.1 Å². The quantitative estimate of drug-likeness (QED) is 0.209. The number of allylic oxidation sites excluding steroid dienone is 2. The van der Waals surface area contributed by atoms with Gasteiger partial charge in [-0.15, -0.1) is 0 Å². The first-order valence-electron chi connectivity index (χ1n) is 13.0. The van der Waals surface area contributed by atoms with E-state index in [1.54, 1.807) is 13.2 Å². The van der Waals surface area contributed by atoms with Crippen LogP contribution < -0.4 is 10.1 Å². The Kier molecular flexibility index (Phi) is 11.7. The number of rotatable bonds is 12. The number of methoxy groups -OCH3 is 1. The van der Waals surface area contributed by atoms with Gasteiger partial charge in [0.1, 0.15) is 17.4 Å². The molecule has 0 saturated heterocycles. The lowest BCUT2D eigenvalue weighted by atomic mass is 9.75. The third-order valence-corrected chi connectivity index (χ3v) is 6.74. The van der Waals surface area contributed by atoms with Crippen LogP contribution in [0.15, 0.2) is 30.4 Å². The second kappa shape index (κ2) is 14.2. The highest BCUT2D eigenvalue weighted by atomic mass is 16.5. The van der Waals surface area contributed by atoms with Crippen LogP contribution in [0, 0.1) is 23.7 Å². The van der Waals surface area contributed by atoms with Crippen molar-refractivity contribution in [3.05, 3.63) is 41.5 Å². The van der Waals surface area contributed by atoms with Crippen LogP contribution in [-0.4, -0.2) is 25.1 Å². The topological polar surface area (TPSA) is 64.6 Å². The molecule has 0 heterocycles. The molecule has 34 heavy (non-hydrogen) atoms. The van der Waals surface area contributed by atoms with Crippen molar-refractivity contribution in [2.24, 2.45) is 23.7 Å². The van der Waals surface area contributed by atoms with Crippen molar-refractivity contribution in [2.75, 3.05) is 7.11 Å². The third-order valence-electron chi connectivity index (χ3n) is 6.74.